The molecule has 0 saturated carbocycles. The zero-order chi connectivity index (χ0) is 15.2. The van der Waals surface area contributed by atoms with Crippen molar-refractivity contribution >= 4 is 0 Å². The van der Waals surface area contributed by atoms with Gasteiger partial charge in [-0.05, 0) is 37.6 Å². The van der Waals surface area contributed by atoms with Crippen molar-refractivity contribution in [1.82, 2.24) is 4.98 Å². The number of hydrogen-bond donors (Lipinski definition) is 1. The number of ether oxygens (including phenoxy) is 2. The monoisotopic (exact) mass is 291 g/mol. The van der Waals surface area contributed by atoms with E-state index in [0.717, 1.165) is 6.20 Å². The lowest BCUT2D eigenvalue weighted by Crippen LogP contribution is -2.02. The lowest BCUT2D eigenvalue weighted by Gasteiger charge is -2.16. The van der Waals surface area contributed by atoms with Crippen molar-refractivity contribution in [3.05, 3.63) is 41.8 Å². The van der Waals surface area contributed by atoms with Crippen LogP contribution in [-0.4, -0.2) is 23.3 Å². The second-order valence-corrected chi connectivity index (χ2v) is 4.34. The van der Waals surface area contributed by atoms with Gasteiger partial charge in [-0.2, -0.15) is 0 Å². The highest BCUT2D eigenvalue weighted by Gasteiger charge is 2.15. The molecule has 1 N–H and O–H groups in total. The molecule has 0 unspecified atom stereocenters. The molecule has 0 atom stereocenters. The Hall–Kier alpha value is -2.14. The zero-order valence-corrected chi connectivity index (χ0v) is 12.1. The van der Waals surface area contributed by atoms with Gasteiger partial charge in [0.05, 0.1) is 31.7 Å². The number of aliphatic hydroxyl groups excluding tert-OH is 1. The third-order valence-electron chi connectivity index (χ3n) is 2.92. The molecule has 0 saturated heterocycles. The predicted molar refractivity (Wildman–Crippen MR) is 77.9 cm³/mol. The highest BCUT2D eigenvalue weighted by molar-refractivity contribution is 5.72. The van der Waals surface area contributed by atoms with Gasteiger partial charge in [0.25, 0.3) is 0 Å². The zero-order valence-electron chi connectivity index (χ0n) is 12.1. The Morgan fingerprint density at radius 1 is 1.14 bits per heavy atom. The van der Waals surface area contributed by atoms with Crippen LogP contribution in [0.3, 0.4) is 0 Å². The third kappa shape index (κ3) is 3.49. The summed E-state index contributed by atoms with van der Waals surface area (Å²) in [6, 6.07) is 6.39. The van der Waals surface area contributed by atoms with Crippen LogP contribution in [0.4, 0.5) is 4.39 Å². The fourth-order valence-corrected chi connectivity index (χ4v) is 2.10. The average molecular weight is 291 g/mol. The number of aromatic nitrogens is 1. The van der Waals surface area contributed by atoms with Crippen LogP contribution < -0.4 is 9.47 Å². The van der Waals surface area contributed by atoms with Gasteiger partial charge in [0, 0.05) is 11.6 Å². The predicted octanol–water partition coefficient (Wildman–Crippen LogP) is 3.18. The fourth-order valence-electron chi connectivity index (χ4n) is 2.10. The van der Waals surface area contributed by atoms with Crippen LogP contribution in [-0.2, 0) is 6.61 Å². The third-order valence-corrected chi connectivity index (χ3v) is 2.92. The first kappa shape index (κ1) is 15.3. The molecule has 0 radical (unpaired) electrons. The van der Waals surface area contributed by atoms with Crippen LogP contribution in [0.5, 0.6) is 11.5 Å². The summed E-state index contributed by atoms with van der Waals surface area (Å²) >= 11 is 0. The summed E-state index contributed by atoms with van der Waals surface area (Å²) in [5, 5.41) is 9.61. The first-order valence-electron chi connectivity index (χ1n) is 6.84. The highest BCUT2D eigenvalue weighted by Crippen LogP contribution is 2.36. The quantitative estimate of drug-likeness (QED) is 0.888. The molecule has 1 aromatic carbocycles. The number of nitrogens with zero attached hydrogens (tertiary/aromatic N) is 1. The van der Waals surface area contributed by atoms with Crippen LogP contribution >= 0.6 is 0 Å². The maximum Gasteiger partial charge on any atom is 0.141 e. The normalized spacial score (nSPS) is 10.5. The first-order chi connectivity index (χ1) is 10.2. The van der Waals surface area contributed by atoms with E-state index in [-0.39, 0.29) is 6.61 Å². The Balaban J connectivity index is 2.57. The van der Waals surface area contributed by atoms with Crippen LogP contribution in [0, 0.1) is 5.82 Å². The SMILES string of the molecule is CCOc1cc(CO)c(-c2ccc(F)cn2)c(OCC)c1. The molecule has 0 aliphatic heterocycles. The van der Waals surface area contributed by atoms with E-state index in [1.165, 1.54) is 6.07 Å². The summed E-state index contributed by atoms with van der Waals surface area (Å²) < 4.78 is 24.1. The van der Waals surface area contributed by atoms with Crippen LogP contribution in [0.1, 0.15) is 19.4 Å². The molecule has 0 aliphatic rings. The maximum atomic E-state index is 13.0. The second-order valence-electron chi connectivity index (χ2n) is 4.34. The van der Waals surface area contributed by atoms with Crippen molar-refractivity contribution < 1.29 is 19.0 Å². The van der Waals surface area contributed by atoms with Crippen LogP contribution in [0.2, 0.25) is 0 Å². The summed E-state index contributed by atoms with van der Waals surface area (Å²) in [5.74, 6) is 0.774. The second kappa shape index (κ2) is 7.04. The Kier molecular flexibility index (Phi) is 5.11. The number of aliphatic hydroxyl groups is 1. The first-order valence-corrected chi connectivity index (χ1v) is 6.84. The largest absolute Gasteiger partial charge is 0.494 e. The molecule has 1 aromatic heterocycles. The van der Waals surface area contributed by atoms with Crippen molar-refractivity contribution in [1.29, 1.82) is 0 Å². The number of pyridine rings is 1. The average Bonchev–Trinajstić information content (AvgIpc) is 2.49. The van der Waals surface area contributed by atoms with Crippen molar-refractivity contribution in [2.45, 2.75) is 20.5 Å². The Morgan fingerprint density at radius 2 is 1.90 bits per heavy atom. The molecule has 2 rings (SSSR count). The minimum absolute atomic E-state index is 0.185. The Morgan fingerprint density at radius 3 is 2.48 bits per heavy atom. The van der Waals surface area contributed by atoms with Gasteiger partial charge in [0.2, 0.25) is 0 Å². The molecule has 0 aliphatic carbocycles. The molecule has 4 nitrogen and oxygen atoms in total. The number of hydrogen-bond acceptors (Lipinski definition) is 4. The molecule has 5 heteroatoms. The minimum Gasteiger partial charge on any atom is -0.494 e. The van der Waals surface area contributed by atoms with Gasteiger partial charge >= 0.3 is 0 Å². The molecule has 1 heterocycles. The molecular weight excluding hydrogens is 273 g/mol. The summed E-state index contributed by atoms with van der Waals surface area (Å²) in [5.41, 5.74) is 1.83. The van der Waals surface area contributed by atoms with Gasteiger partial charge in [0.1, 0.15) is 17.3 Å². The van der Waals surface area contributed by atoms with E-state index in [2.05, 4.69) is 4.98 Å². The van der Waals surface area contributed by atoms with Crippen molar-refractivity contribution in [2.24, 2.45) is 0 Å². The van der Waals surface area contributed by atoms with E-state index in [1.807, 2.05) is 13.8 Å². The van der Waals surface area contributed by atoms with E-state index in [0.29, 0.717) is 41.5 Å². The standard InChI is InChI=1S/C16H18FNO3/c1-3-20-13-7-11(10-19)16(15(8-13)21-4-2)14-6-5-12(17)9-18-14/h5-9,19H,3-4,10H2,1-2H3. The highest BCUT2D eigenvalue weighted by atomic mass is 19.1. The summed E-state index contributed by atoms with van der Waals surface area (Å²) in [7, 11) is 0. The van der Waals surface area contributed by atoms with Crippen LogP contribution in [0.15, 0.2) is 30.5 Å². The van der Waals surface area contributed by atoms with Gasteiger partial charge in [-0.25, -0.2) is 4.39 Å². The van der Waals surface area contributed by atoms with Gasteiger partial charge in [-0.1, -0.05) is 0 Å². The van der Waals surface area contributed by atoms with Crippen molar-refractivity contribution in [3.8, 4) is 22.8 Å². The Bertz CT molecular complexity index is 599. The van der Waals surface area contributed by atoms with Crippen molar-refractivity contribution in [3.63, 3.8) is 0 Å². The van der Waals surface area contributed by atoms with E-state index >= 15 is 0 Å². The molecular formula is C16H18FNO3. The lowest BCUT2D eigenvalue weighted by molar-refractivity contribution is 0.278. The number of rotatable bonds is 6. The van der Waals surface area contributed by atoms with Crippen molar-refractivity contribution in [2.75, 3.05) is 13.2 Å². The lowest BCUT2D eigenvalue weighted by atomic mass is 10.0. The smallest absolute Gasteiger partial charge is 0.141 e. The van der Waals surface area contributed by atoms with Crippen LogP contribution in [0.25, 0.3) is 11.3 Å². The minimum atomic E-state index is -0.409. The number of benzene rings is 1. The van der Waals surface area contributed by atoms with E-state index in [1.54, 1.807) is 18.2 Å². The van der Waals surface area contributed by atoms with Gasteiger partial charge < -0.3 is 14.6 Å². The number of halogens is 1. The van der Waals surface area contributed by atoms with Gasteiger partial charge in [-0.3, -0.25) is 4.98 Å². The van der Waals surface area contributed by atoms with Gasteiger partial charge in [-0.15, -0.1) is 0 Å². The van der Waals surface area contributed by atoms with Gasteiger partial charge in [0.15, 0.2) is 0 Å². The molecule has 112 valence electrons. The van der Waals surface area contributed by atoms with E-state index in [9.17, 15) is 9.50 Å². The molecule has 2 aromatic rings. The molecule has 0 fully saturated rings. The summed E-state index contributed by atoms with van der Waals surface area (Å²) in [6.45, 7) is 4.55. The topological polar surface area (TPSA) is 51.6 Å². The summed E-state index contributed by atoms with van der Waals surface area (Å²) in [4.78, 5) is 4.07. The molecule has 0 amide bonds. The molecule has 21 heavy (non-hydrogen) atoms. The maximum absolute atomic E-state index is 13.0. The summed E-state index contributed by atoms with van der Waals surface area (Å²) in [6.07, 6.45) is 1.14. The Labute approximate surface area is 123 Å². The fraction of sp³-hybridized carbons (Fsp3) is 0.312. The van der Waals surface area contributed by atoms with E-state index < -0.39 is 5.82 Å². The molecule has 0 bridgehead atoms. The molecule has 0 spiro atoms. The van der Waals surface area contributed by atoms with E-state index in [4.69, 9.17) is 9.47 Å².